The Hall–Kier alpha value is -5.80. The van der Waals surface area contributed by atoms with E-state index in [1.54, 1.807) is 0 Å². The molecule has 0 amide bonds. The molecule has 0 saturated heterocycles. The quantitative estimate of drug-likeness (QED) is 0.206. The van der Waals surface area contributed by atoms with Gasteiger partial charge in [0.15, 0.2) is 5.58 Å². The van der Waals surface area contributed by atoms with Gasteiger partial charge in [-0.25, -0.2) is 9.97 Å². The molecule has 7 aromatic carbocycles. The van der Waals surface area contributed by atoms with Crippen molar-refractivity contribution in [3.8, 4) is 33.8 Å². The maximum absolute atomic E-state index is 5.96. The number of hydrogen-bond acceptors (Lipinski definition) is 3. The zero-order valence-corrected chi connectivity index (χ0v) is 23.2. The fourth-order valence-electron chi connectivity index (χ4n) is 6.43. The van der Waals surface area contributed by atoms with Crippen LogP contribution in [-0.4, -0.2) is 9.97 Å². The molecule has 3 heteroatoms. The van der Waals surface area contributed by atoms with Gasteiger partial charge in [0.1, 0.15) is 5.52 Å². The van der Waals surface area contributed by atoms with Crippen molar-refractivity contribution < 1.29 is 4.42 Å². The number of hydrogen-bond donors (Lipinski definition) is 0. The van der Waals surface area contributed by atoms with Crippen LogP contribution in [0.3, 0.4) is 0 Å². The van der Waals surface area contributed by atoms with Crippen LogP contribution >= 0.6 is 0 Å². The van der Waals surface area contributed by atoms with E-state index < -0.39 is 0 Å². The molecule has 0 radical (unpaired) electrons. The zero-order chi connectivity index (χ0) is 28.3. The van der Waals surface area contributed by atoms with Gasteiger partial charge in [-0.15, -0.1) is 0 Å². The minimum absolute atomic E-state index is 0.637. The molecule has 200 valence electrons. The molecule has 0 N–H and O–H groups in total. The minimum atomic E-state index is 0.637. The first-order valence-corrected chi connectivity index (χ1v) is 14.5. The summed E-state index contributed by atoms with van der Waals surface area (Å²) in [5.41, 5.74) is 8.06. The Kier molecular flexibility index (Phi) is 5.20. The van der Waals surface area contributed by atoms with E-state index >= 15 is 0 Å². The molecule has 2 aromatic heterocycles. The maximum atomic E-state index is 5.96. The average Bonchev–Trinajstić information content (AvgIpc) is 3.53. The van der Waals surface area contributed by atoms with Crippen molar-refractivity contribution in [2.75, 3.05) is 0 Å². The van der Waals surface area contributed by atoms with Crippen LogP contribution in [0, 0.1) is 0 Å². The number of fused-ring (bicyclic) bond motifs is 9. The van der Waals surface area contributed by atoms with Crippen LogP contribution in [-0.2, 0) is 0 Å². The van der Waals surface area contributed by atoms with Crippen molar-refractivity contribution in [2.24, 2.45) is 0 Å². The van der Waals surface area contributed by atoms with Gasteiger partial charge in [-0.3, -0.25) is 0 Å². The Morgan fingerprint density at radius 3 is 1.53 bits per heavy atom. The Labute approximate surface area is 247 Å². The van der Waals surface area contributed by atoms with E-state index in [2.05, 4.69) is 126 Å². The summed E-state index contributed by atoms with van der Waals surface area (Å²) in [5.74, 6) is 0.637. The van der Waals surface area contributed by atoms with Crippen LogP contribution < -0.4 is 0 Å². The smallest absolute Gasteiger partial charge is 0.227 e. The van der Waals surface area contributed by atoms with Gasteiger partial charge in [0.25, 0.3) is 0 Å². The molecule has 9 aromatic rings. The molecule has 2 heterocycles. The van der Waals surface area contributed by atoms with E-state index in [0.717, 1.165) is 50.0 Å². The Morgan fingerprint density at radius 1 is 0.372 bits per heavy atom. The number of benzene rings is 7. The fraction of sp³-hybridized carbons (Fsp3) is 0. The SMILES string of the molecule is c1ccc2oc(-c3ccc(-c4ccc(-c5nc6c7ccccc7c7ccccc7c6c6ccccc56)cc4)cc3)nc2c1. The molecular formula is C40H24N2O. The Bertz CT molecular complexity index is 2460. The summed E-state index contributed by atoms with van der Waals surface area (Å²) in [4.78, 5) is 10.0. The first-order valence-electron chi connectivity index (χ1n) is 14.5. The molecule has 43 heavy (non-hydrogen) atoms. The predicted molar refractivity (Wildman–Crippen MR) is 178 cm³/mol. The standard InChI is InChI=1S/C40H24N2O/c1-3-11-31-29(9-1)30-10-2-5-13-33(30)39-37(31)32-12-4-6-14-34(32)38(42-39)27-21-17-25(18-22-27)26-19-23-28(24-20-26)40-41-35-15-7-8-16-36(35)43-40/h1-24H. The second-order valence-electron chi connectivity index (χ2n) is 11.0. The van der Waals surface area contributed by atoms with E-state index in [9.17, 15) is 0 Å². The first kappa shape index (κ1) is 23.9. The van der Waals surface area contributed by atoms with Gasteiger partial charge in [-0.1, -0.05) is 121 Å². The van der Waals surface area contributed by atoms with Gasteiger partial charge in [0.2, 0.25) is 5.89 Å². The third-order valence-corrected chi connectivity index (χ3v) is 8.50. The lowest BCUT2D eigenvalue weighted by atomic mass is 9.92. The molecule has 3 nitrogen and oxygen atoms in total. The highest BCUT2D eigenvalue weighted by atomic mass is 16.3. The van der Waals surface area contributed by atoms with Crippen LogP contribution in [0.4, 0.5) is 0 Å². The molecule has 0 aliphatic heterocycles. The summed E-state index contributed by atoms with van der Waals surface area (Å²) in [7, 11) is 0. The summed E-state index contributed by atoms with van der Waals surface area (Å²) in [6, 6.07) is 51.0. The van der Waals surface area contributed by atoms with Crippen molar-refractivity contribution in [1.29, 1.82) is 0 Å². The molecule has 9 rings (SSSR count). The minimum Gasteiger partial charge on any atom is -0.436 e. The van der Waals surface area contributed by atoms with Crippen LogP contribution in [0.5, 0.6) is 0 Å². The third kappa shape index (κ3) is 3.75. The van der Waals surface area contributed by atoms with Crippen molar-refractivity contribution in [2.45, 2.75) is 0 Å². The van der Waals surface area contributed by atoms with E-state index in [0.29, 0.717) is 5.89 Å². The van der Waals surface area contributed by atoms with Gasteiger partial charge in [0, 0.05) is 27.3 Å². The summed E-state index contributed by atoms with van der Waals surface area (Å²) in [6.07, 6.45) is 0. The van der Waals surface area contributed by atoms with Gasteiger partial charge < -0.3 is 4.42 Å². The molecule has 0 fully saturated rings. The number of oxazole rings is 1. The maximum Gasteiger partial charge on any atom is 0.227 e. The van der Waals surface area contributed by atoms with Gasteiger partial charge in [-0.2, -0.15) is 0 Å². The lowest BCUT2D eigenvalue weighted by Gasteiger charge is -2.15. The van der Waals surface area contributed by atoms with Gasteiger partial charge in [-0.05, 0) is 56.9 Å². The third-order valence-electron chi connectivity index (χ3n) is 8.50. The molecular weight excluding hydrogens is 524 g/mol. The molecule has 0 unspecified atom stereocenters. The van der Waals surface area contributed by atoms with Crippen molar-refractivity contribution in [3.63, 3.8) is 0 Å². The van der Waals surface area contributed by atoms with E-state index in [-0.39, 0.29) is 0 Å². The Balaban J connectivity index is 1.16. The second-order valence-corrected chi connectivity index (χ2v) is 11.0. The number of pyridine rings is 1. The summed E-state index contributed by atoms with van der Waals surface area (Å²) < 4.78 is 5.96. The lowest BCUT2D eigenvalue weighted by Crippen LogP contribution is -1.92. The topological polar surface area (TPSA) is 38.9 Å². The second kappa shape index (κ2) is 9.37. The highest BCUT2D eigenvalue weighted by molar-refractivity contribution is 6.31. The van der Waals surface area contributed by atoms with Crippen LogP contribution in [0.15, 0.2) is 150 Å². The normalized spacial score (nSPS) is 11.7. The van der Waals surface area contributed by atoms with Crippen molar-refractivity contribution in [3.05, 3.63) is 146 Å². The van der Waals surface area contributed by atoms with Crippen LogP contribution in [0.1, 0.15) is 0 Å². The summed E-state index contributed by atoms with van der Waals surface area (Å²) in [5, 5.41) is 8.51. The number of aromatic nitrogens is 2. The average molecular weight is 549 g/mol. The number of nitrogens with zero attached hydrogens (tertiary/aromatic N) is 2. The summed E-state index contributed by atoms with van der Waals surface area (Å²) in [6.45, 7) is 0. The molecule has 0 bridgehead atoms. The molecule has 0 saturated carbocycles. The number of para-hydroxylation sites is 2. The monoisotopic (exact) mass is 548 g/mol. The van der Waals surface area contributed by atoms with E-state index in [1.165, 1.54) is 32.3 Å². The molecule has 0 spiro atoms. The van der Waals surface area contributed by atoms with Gasteiger partial charge >= 0.3 is 0 Å². The highest BCUT2D eigenvalue weighted by Gasteiger charge is 2.16. The van der Waals surface area contributed by atoms with Crippen molar-refractivity contribution >= 4 is 54.3 Å². The fourth-order valence-corrected chi connectivity index (χ4v) is 6.43. The largest absolute Gasteiger partial charge is 0.436 e. The number of rotatable bonds is 3. The van der Waals surface area contributed by atoms with E-state index in [4.69, 9.17) is 9.40 Å². The molecule has 0 aliphatic carbocycles. The molecule has 0 aliphatic rings. The van der Waals surface area contributed by atoms with E-state index in [1.807, 2.05) is 24.3 Å². The zero-order valence-electron chi connectivity index (χ0n) is 23.2. The predicted octanol–water partition coefficient (Wildman–Crippen LogP) is 10.8. The highest BCUT2D eigenvalue weighted by Crippen LogP contribution is 2.41. The van der Waals surface area contributed by atoms with Crippen molar-refractivity contribution in [1.82, 2.24) is 9.97 Å². The Morgan fingerprint density at radius 2 is 0.860 bits per heavy atom. The summed E-state index contributed by atoms with van der Waals surface area (Å²) >= 11 is 0. The van der Waals surface area contributed by atoms with Gasteiger partial charge in [0.05, 0.1) is 11.2 Å². The van der Waals surface area contributed by atoms with Crippen LogP contribution in [0.25, 0.3) is 88.2 Å². The lowest BCUT2D eigenvalue weighted by molar-refractivity contribution is 0.620. The van der Waals surface area contributed by atoms with Crippen LogP contribution in [0.2, 0.25) is 0 Å². The first-order chi connectivity index (χ1) is 21.3. The molecule has 0 atom stereocenters.